The molecule has 140 valence electrons. The third-order valence-electron chi connectivity index (χ3n) is 5.61. The topological polar surface area (TPSA) is 83.8 Å². The molecule has 3 rings (SSSR count). The average molecular weight is 358 g/mol. The minimum Gasteiger partial charge on any atom is -0.507 e. The molecule has 26 heavy (non-hydrogen) atoms. The Balaban J connectivity index is 1.93. The van der Waals surface area contributed by atoms with Gasteiger partial charge in [-0.05, 0) is 63.0 Å². The van der Waals surface area contributed by atoms with E-state index in [9.17, 15) is 19.8 Å². The van der Waals surface area contributed by atoms with Crippen LogP contribution >= 0.6 is 0 Å². The van der Waals surface area contributed by atoms with Crippen molar-refractivity contribution in [1.82, 2.24) is 0 Å². The van der Waals surface area contributed by atoms with Crippen LogP contribution in [0.5, 0.6) is 5.75 Å². The lowest BCUT2D eigenvalue weighted by Crippen LogP contribution is -2.12. The Hall–Kier alpha value is -2.30. The Morgan fingerprint density at radius 3 is 2.65 bits per heavy atom. The van der Waals surface area contributed by atoms with Crippen molar-refractivity contribution in [2.45, 2.75) is 65.4 Å². The van der Waals surface area contributed by atoms with E-state index >= 15 is 0 Å². The molecule has 2 N–H and O–H groups in total. The molecule has 1 atom stereocenters. The number of rotatable bonds is 7. The molecule has 1 aliphatic heterocycles. The van der Waals surface area contributed by atoms with Crippen molar-refractivity contribution in [1.29, 1.82) is 0 Å². The molecule has 2 aliphatic rings. The molecule has 5 nitrogen and oxygen atoms in total. The quantitative estimate of drug-likeness (QED) is 0.563. The van der Waals surface area contributed by atoms with E-state index in [0.717, 1.165) is 40.7 Å². The van der Waals surface area contributed by atoms with Gasteiger partial charge >= 0.3 is 11.9 Å². The summed E-state index contributed by atoms with van der Waals surface area (Å²) in [6, 6.07) is 0. The van der Waals surface area contributed by atoms with Crippen LogP contribution in [0, 0.1) is 12.8 Å². The van der Waals surface area contributed by atoms with Crippen molar-refractivity contribution in [2.75, 3.05) is 0 Å². The van der Waals surface area contributed by atoms with E-state index in [0.29, 0.717) is 30.7 Å². The van der Waals surface area contributed by atoms with E-state index in [4.69, 9.17) is 4.74 Å². The van der Waals surface area contributed by atoms with Crippen molar-refractivity contribution in [2.24, 2.45) is 5.92 Å². The summed E-state index contributed by atoms with van der Waals surface area (Å²) < 4.78 is 5.13. The number of cyclic esters (lactones) is 1. The maximum atomic E-state index is 12.0. The molecule has 0 spiro atoms. The highest BCUT2D eigenvalue weighted by atomic mass is 16.5. The molecular weight excluding hydrogens is 332 g/mol. The molecule has 0 aromatic heterocycles. The molecule has 0 saturated heterocycles. The number of aliphatic carboxylic acids is 1. The zero-order chi connectivity index (χ0) is 19.0. The molecule has 0 bridgehead atoms. The summed E-state index contributed by atoms with van der Waals surface area (Å²) in [5.74, 6) is -1.14. The molecule has 0 amide bonds. The number of phenols is 1. The van der Waals surface area contributed by atoms with E-state index in [1.165, 1.54) is 0 Å². The summed E-state index contributed by atoms with van der Waals surface area (Å²) in [7, 11) is 0. The Kier molecular flexibility index (Phi) is 5.08. The second-order valence-electron chi connectivity index (χ2n) is 7.47. The van der Waals surface area contributed by atoms with Gasteiger partial charge < -0.3 is 14.9 Å². The number of allylic oxidation sites excluding steroid dienone is 2. The maximum Gasteiger partial charge on any atom is 0.342 e. The van der Waals surface area contributed by atoms with Crippen LogP contribution in [-0.2, 0) is 22.6 Å². The van der Waals surface area contributed by atoms with Crippen LogP contribution in [0.4, 0.5) is 0 Å². The highest BCUT2D eigenvalue weighted by molar-refractivity contribution is 5.97. The number of carboxylic acids is 1. The van der Waals surface area contributed by atoms with Crippen LogP contribution in [0.3, 0.4) is 0 Å². The van der Waals surface area contributed by atoms with Crippen molar-refractivity contribution in [3.05, 3.63) is 39.5 Å². The summed E-state index contributed by atoms with van der Waals surface area (Å²) >= 11 is 0. The third-order valence-corrected chi connectivity index (χ3v) is 5.61. The van der Waals surface area contributed by atoms with Crippen LogP contribution in [0.1, 0.15) is 78.1 Å². The molecule has 1 aliphatic carbocycles. The van der Waals surface area contributed by atoms with Crippen LogP contribution < -0.4 is 0 Å². The normalized spacial score (nSPS) is 17.8. The zero-order valence-electron chi connectivity index (χ0n) is 15.6. The fourth-order valence-corrected chi connectivity index (χ4v) is 3.89. The summed E-state index contributed by atoms with van der Waals surface area (Å²) in [4.78, 5) is 23.3. The number of carbonyl (C=O) groups excluding carboxylic acids is 1. The van der Waals surface area contributed by atoms with Crippen LogP contribution in [-0.4, -0.2) is 22.2 Å². The van der Waals surface area contributed by atoms with Crippen molar-refractivity contribution < 1.29 is 24.5 Å². The average Bonchev–Trinajstić information content (AvgIpc) is 3.35. The predicted octanol–water partition coefficient (Wildman–Crippen LogP) is 4.24. The van der Waals surface area contributed by atoms with E-state index in [1.807, 2.05) is 26.8 Å². The van der Waals surface area contributed by atoms with Gasteiger partial charge in [0.1, 0.15) is 17.9 Å². The number of esters is 1. The van der Waals surface area contributed by atoms with Crippen LogP contribution in [0.2, 0.25) is 0 Å². The number of hydrogen-bond acceptors (Lipinski definition) is 4. The number of carboxylic acid groups (broad SMARTS) is 1. The van der Waals surface area contributed by atoms with Gasteiger partial charge in [0.15, 0.2) is 0 Å². The highest BCUT2D eigenvalue weighted by Gasteiger charge is 2.36. The number of carbonyl (C=O) groups is 2. The van der Waals surface area contributed by atoms with Crippen molar-refractivity contribution in [3.8, 4) is 5.75 Å². The number of phenolic OH excluding ortho intramolecular Hbond substituents is 1. The SMILES string of the molecule is CC[C@@H](CC(C)=CCc1c(O)c2c(c(C)c1C1CC1)COC2=O)C(=O)O. The first-order valence-corrected chi connectivity index (χ1v) is 9.27. The summed E-state index contributed by atoms with van der Waals surface area (Å²) in [5.41, 5.74) is 5.12. The van der Waals surface area contributed by atoms with Gasteiger partial charge in [-0.3, -0.25) is 4.79 Å². The van der Waals surface area contributed by atoms with Crippen molar-refractivity contribution in [3.63, 3.8) is 0 Å². The highest BCUT2D eigenvalue weighted by Crippen LogP contribution is 2.49. The number of fused-ring (bicyclic) bond motifs is 1. The molecule has 1 aromatic rings. The molecular formula is C21H26O5. The minimum atomic E-state index is -0.780. The fraction of sp³-hybridized carbons (Fsp3) is 0.524. The summed E-state index contributed by atoms with van der Waals surface area (Å²) in [6.07, 6.45) is 5.76. The molecule has 0 radical (unpaired) electrons. The monoisotopic (exact) mass is 358 g/mol. The van der Waals surface area contributed by atoms with Gasteiger partial charge in [-0.2, -0.15) is 0 Å². The summed E-state index contributed by atoms with van der Waals surface area (Å²) in [5, 5.41) is 20.0. The number of aromatic hydroxyl groups is 1. The molecule has 1 saturated carbocycles. The van der Waals surface area contributed by atoms with E-state index in [1.54, 1.807) is 0 Å². The largest absolute Gasteiger partial charge is 0.507 e. The zero-order valence-corrected chi connectivity index (χ0v) is 15.6. The Labute approximate surface area is 153 Å². The Bertz CT molecular complexity index is 786. The lowest BCUT2D eigenvalue weighted by Gasteiger charge is -2.17. The molecule has 1 heterocycles. The molecule has 5 heteroatoms. The molecule has 1 fully saturated rings. The maximum absolute atomic E-state index is 12.0. The lowest BCUT2D eigenvalue weighted by atomic mass is 9.87. The first-order chi connectivity index (χ1) is 12.3. The van der Waals surface area contributed by atoms with Gasteiger partial charge in [0.05, 0.1) is 5.92 Å². The standard InChI is InChI=1S/C21H26O5/c1-4-13(20(23)24)9-11(2)5-8-15-17(14-6-7-14)12(3)16-10-26-21(25)18(16)19(15)22/h5,13-14,22H,4,6-10H2,1-3H3,(H,23,24)/t13-/m0/s1. The van der Waals surface area contributed by atoms with Crippen LogP contribution in [0.15, 0.2) is 11.6 Å². The van der Waals surface area contributed by atoms with Gasteiger partial charge in [0.2, 0.25) is 0 Å². The number of hydrogen-bond donors (Lipinski definition) is 2. The smallest absolute Gasteiger partial charge is 0.342 e. The number of ether oxygens (including phenoxy) is 1. The van der Waals surface area contributed by atoms with Gasteiger partial charge in [0.25, 0.3) is 0 Å². The van der Waals surface area contributed by atoms with E-state index < -0.39 is 11.9 Å². The second kappa shape index (κ2) is 7.14. The fourth-order valence-electron chi connectivity index (χ4n) is 3.89. The van der Waals surface area contributed by atoms with Gasteiger partial charge in [-0.25, -0.2) is 4.79 Å². The second-order valence-corrected chi connectivity index (χ2v) is 7.47. The van der Waals surface area contributed by atoms with E-state index in [-0.39, 0.29) is 18.3 Å². The van der Waals surface area contributed by atoms with Gasteiger partial charge in [-0.1, -0.05) is 18.6 Å². The lowest BCUT2D eigenvalue weighted by molar-refractivity contribution is -0.141. The Morgan fingerprint density at radius 2 is 2.08 bits per heavy atom. The summed E-state index contributed by atoms with van der Waals surface area (Å²) in [6.45, 7) is 6.04. The van der Waals surface area contributed by atoms with Gasteiger partial charge in [0, 0.05) is 11.1 Å². The Morgan fingerprint density at radius 1 is 1.38 bits per heavy atom. The van der Waals surface area contributed by atoms with Gasteiger partial charge in [-0.15, -0.1) is 0 Å². The third kappa shape index (κ3) is 3.35. The molecule has 0 unspecified atom stereocenters. The van der Waals surface area contributed by atoms with E-state index in [2.05, 4.69) is 0 Å². The number of benzene rings is 1. The molecule has 1 aromatic carbocycles. The predicted molar refractivity (Wildman–Crippen MR) is 97.4 cm³/mol. The first kappa shape index (κ1) is 18.5. The first-order valence-electron chi connectivity index (χ1n) is 9.27. The van der Waals surface area contributed by atoms with Crippen LogP contribution in [0.25, 0.3) is 0 Å². The van der Waals surface area contributed by atoms with Crippen molar-refractivity contribution >= 4 is 11.9 Å². The minimum absolute atomic E-state index is 0.0457.